The monoisotopic (exact) mass is 471 g/mol. The van der Waals surface area contributed by atoms with Gasteiger partial charge in [-0.05, 0) is 29.2 Å². The van der Waals surface area contributed by atoms with Crippen LogP contribution in [0.25, 0.3) is 0 Å². The Labute approximate surface area is 205 Å². The fraction of sp³-hybridized carbons (Fsp3) is 0.286. The summed E-state index contributed by atoms with van der Waals surface area (Å²) >= 11 is 0. The van der Waals surface area contributed by atoms with Crippen LogP contribution in [0.15, 0.2) is 85.2 Å². The van der Waals surface area contributed by atoms with Crippen molar-refractivity contribution in [3.05, 3.63) is 102 Å². The van der Waals surface area contributed by atoms with E-state index in [0.29, 0.717) is 26.0 Å². The highest BCUT2D eigenvalue weighted by Crippen LogP contribution is 2.41. The first-order valence-corrected chi connectivity index (χ1v) is 11.8. The summed E-state index contributed by atoms with van der Waals surface area (Å²) in [6.07, 6.45) is 4.46. The average Bonchev–Trinajstić information content (AvgIpc) is 3.15. The van der Waals surface area contributed by atoms with Gasteiger partial charge >= 0.3 is 0 Å². The lowest BCUT2D eigenvalue weighted by atomic mass is 9.83. The molecule has 1 aliphatic rings. The topological polar surface area (TPSA) is 88.6 Å². The second-order valence-corrected chi connectivity index (χ2v) is 8.43. The molecular formula is C28H29N3O4. The van der Waals surface area contributed by atoms with Crippen LogP contribution in [0.5, 0.6) is 0 Å². The molecule has 0 radical (unpaired) electrons. The van der Waals surface area contributed by atoms with Crippen LogP contribution < -0.4 is 5.32 Å². The van der Waals surface area contributed by atoms with Crippen LogP contribution in [0, 0.1) is 0 Å². The van der Waals surface area contributed by atoms with Crippen molar-refractivity contribution in [2.24, 2.45) is 0 Å². The Balaban J connectivity index is 1.26. The molecule has 2 aromatic carbocycles. The Hall–Kier alpha value is -3.84. The van der Waals surface area contributed by atoms with Crippen molar-refractivity contribution >= 4 is 17.7 Å². The normalized spacial score (nSPS) is 17.5. The maximum Gasteiger partial charge on any atom is 0.237 e. The molecule has 2 atom stereocenters. The molecule has 1 fully saturated rings. The van der Waals surface area contributed by atoms with Crippen LogP contribution in [0.4, 0.5) is 0 Å². The highest BCUT2D eigenvalue weighted by Gasteiger charge is 2.48. The fourth-order valence-corrected chi connectivity index (χ4v) is 4.35. The van der Waals surface area contributed by atoms with Gasteiger partial charge in [0, 0.05) is 25.4 Å². The summed E-state index contributed by atoms with van der Waals surface area (Å²) in [5.41, 5.74) is 2.68. The average molecular weight is 472 g/mol. The molecule has 0 bridgehead atoms. The molecule has 7 nitrogen and oxygen atoms in total. The van der Waals surface area contributed by atoms with E-state index >= 15 is 0 Å². The van der Waals surface area contributed by atoms with E-state index in [1.807, 2.05) is 72.8 Å². The lowest BCUT2D eigenvalue weighted by molar-refractivity contribution is -0.139. The first-order chi connectivity index (χ1) is 17.1. The number of hydrogen-bond acceptors (Lipinski definition) is 5. The third-order valence-electron chi connectivity index (χ3n) is 6.11. The van der Waals surface area contributed by atoms with E-state index in [1.165, 1.54) is 4.90 Å². The number of ether oxygens (including phenoxy) is 1. The van der Waals surface area contributed by atoms with Gasteiger partial charge in [-0.25, -0.2) is 0 Å². The second kappa shape index (κ2) is 12.0. The minimum Gasteiger partial charge on any atom is -0.378 e. The molecule has 2 heterocycles. The van der Waals surface area contributed by atoms with Crippen molar-refractivity contribution in [1.29, 1.82) is 0 Å². The Morgan fingerprint density at radius 3 is 2.06 bits per heavy atom. The maximum absolute atomic E-state index is 13.3. The van der Waals surface area contributed by atoms with Crippen LogP contribution in [-0.2, 0) is 25.5 Å². The second-order valence-electron chi connectivity index (χ2n) is 8.43. The van der Waals surface area contributed by atoms with Crippen molar-refractivity contribution in [1.82, 2.24) is 15.2 Å². The highest BCUT2D eigenvalue weighted by molar-refractivity contribution is 6.10. The molecule has 3 amide bonds. The number of nitrogens with one attached hydrogen (secondary N) is 1. The molecule has 1 N–H and O–H groups in total. The van der Waals surface area contributed by atoms with Gasteiger partial charge in [-0.2, -0.15) is 0 Å². The first-order valence-electron chi connectivity index (χ1n) is 11.8. The van der Waals surface area contributed by atoms with Crippen LogP contribution in [0.3, 0.4) is 0 Å². The molecular weight excluding hydrogens is 442 g/mol. The number of carbonyl (C=O) groups excluding carboxylic acids is 3. The van der Waals surface area contributed by atoms with E-state index in [0.717, 1.165) is 16.7 Å². The van der Waals surface area contributed by atoms with E-state index in [2.05, 4.69) is 10.3 Å². The maximum atomic E-state index is 13.3. The number of imide groups is 1. The number of aromatic nitrogens is 1. The summed E-state index contributed by atoms with van der Waals surface area (Å²) < 4.78 is 5.62. The SMILES string of the molecule is O=C(CCc1cccnc1)NCCOCCN1C(=O)C(c2ccccc2)C(c2ccccc2)C1=O. The lowest BCUT2D eigenvalue weighted by Gasteiger charge is -2.15. The van der Waals surface area contributed by atoms with E-state index in [9.17, 15) is 14.4 Å². The number of nitrogens with zero attached hydrogens (tertiary/aromatic N) is 2. The Morgan fingerprint density at radius 2 is 1.49 bits per heavy atom. The lowest BCUT2D eigenvalue weighted by Crippen LogP contribution is -2.34. The zero-order valence-electron chi connectivity index (χ0n) is 19.5. The minimum atomic E-state index is -0.551. The molecule has 1 aromatic heterocycles. The van der Waals surface area contributed by atoms with Gasteiger partial charge < -0.3 is 10.1 Å². The zero-order chi connectivity index (χ0) is 24.5. The van der Waals surface area contributed by atoms with Gasteiger partial charge in [0.1, 0.15) is 0 Å². The van der Waals surface area contributed by atoms with E-state index < -0.39 is 11.8 Å². The summed E-state index contributed by atoms with van der Waals surface area (Å²) in [5, 5.41) is 2.82. The number of carbonyl (C=O) groups is 3. The summed E-state index contributed by atoms with van der Waals surface area (Å²) in [5.74, 6) is -1.57. The first kappa shape index (κ1) is 24.3. The standard InChI is InChI=1S/C28H29N3O4/c32-24(14-13-21-8-7-15-29-20-21)30-16-18-35-19-17-31-27(33)25(22-9-3-1-4-10-22)26(28(31)34)23-11-5-2-6-12-23/h1-12,15,20,25-26H,13-14,16-19H2,(H,30,32). The molecule has 35 heavy (non-hydrogen) atoms. The number of rotatable bonds is 11. The molecule has 0 aliphatic carbocycles. The van der Waals surface area contributed by atoms with Crippen LogP contribution in [0.1, 0.15) is 34.9 Å². The third kappa shape index (κ3) is 6.19. The summed E-state index contributed by atoms with van der Waals surface area (Å²) in [6.45, 7) is 1.07. The Bertz CT molecular complexity index is 1070. The van der Waals surface area contributed by atoms with E-state index in [4.69, 9.17) is 4.74 Å². The molecule has 0 saturated carbocycles. The van der Waals surface area contributed by atoms with Crippen molar-refractivity contribution in [3.63, 3.8) is 0 Å². The van der Waals surface area contributed by atoms with E-state index in [-0.39, 0.29) is 30.9 Å². The molecule has 7 heteroatoms. The Kier molecular flexibility index (Phi) is 8.35. The van der Waals surface area contributed by atoms with Gasteiger partial charge in [-0.3, -0.25) is 24.3 Å². The largest absolute Gasteiger partial charge is 0.378 e. The highest BCUT2D eigenvalue weighted by atomic mass is 16.5. The van der Waals surface area contributed by atoms with Crippen LogP contribution in [-0.4, -0.2) is 53.9 Å². The van der Waals surface area contributed by atoms with E-state index in [1.54, 1.807) is 12.4 Å². The minimum absolute atomic E-state index is 0.0567. The van der Waals surface area contributed by atoms with Crippen molar-refractivity contribution in [3.8, 4) is 0 Å². The number of likely N-dealkylation sites (tertiary alicyclic amines) is 1. The fourth-order valence-electron chi connectivity index (χ4n) is 4.35. The van der Waals surface area contributed by atoms with Gasteiger partial charge in [-0.15, -0.1) is 0 Å². The number of aryl methyl sites for hydroxylation is 1. The smallest absolute Gasteiger partial charge is 0.237 e. The third-order valence-corrected chi connectivity index (χ3v) is 6.11. The molecule has 0 spiro atoms. The van der Waals surface area contributed by atoms with Crippen LogP contribution >= 0.6 is 0 Å². The van der Waals surface area contributed by atoms with Crippen molar-refractivity contribution in [2.45, 2.75) is 24.7 Å². The molecule has 1 aliphatic heterocycles. The molecule has 3 aromatic rings. The molecule has 180 valence electrons. The number of hydrogen-bond donors (Lipinski definition) is 1. The van der Waals surface area contributed by atoms with Gasteiger partial charge in [0.05, 0.1) is 31.6 Å². The van der Waals surface area contributed by atoms with Crippen LogP contribution in [0.2, 0.25) is 0 Å². The predicted molar refractivity (Wildman–Crippen MR) is 131 cm³/mol. The molecule has 2 unspecified atom stereocenters. The zero-order valence-corrected chi connectivity index (χ0v) is 19.5. The van der Waals surface area contributed by atoms with Gasteiger partial charge in [0.25, 0.3) is 0 Å². The molecule has 4 rings (SSSR count). The quantitative estimate of drug-likeness (QED) is 0.343. The van der Waals surface area contributed by atoms with Gasteiger partial charge in [0.15, 0.2) is 0 Å². The summed E-state index contributed by atoms with van der Waals surface area (Å²) in [7, 11) is 0. The Morgan fingerprint density at radius 1 is 0.857 bits per heavy atom. The summed E-state index contributed by atoms with van der Waals surface area (Å²) in [6, 6.07) is 22.7. The summed E-state index contributed by atoms with van der Waals surface area (Å²) in [4.78, 5) is 43.9. The number of benzene rings is 2. The van der Waals surface area contributed by atoms with Crippen molar-refractivity contribution in [2.75, 3.05) is 26.3 Å². The van der Waals surface area contributed by atoms with Crippen molar-refractivity contribution < 1.29 is 19.1 Å². The molecule has 1 saturated heterocycles. The predicted octanol–water partition coefficient (Wildman–Crippen LogP) is 3.08. The number of pyridine rings is 1. The van der Waals surface area contributed by atoms with Gasteiger partial charge in [0.2, 0.25) is 17.7 Å². The number of amides is 3. The van der Waals surface area contributed by atoms with Gasteiger partial charge in [-0.1, -0.05) is 66.7 Å².